The van der Waals surface area contributed by atoms with E-state index in [0.29, 0.717) is 10.4 Å². The molecule has 14 heavy (non-hydrogen) atoms. The van der Waals surface area contributed by atoms with E-state index < -0.39 is 5.97 Å². The zero-order valence-electron chi connectivity index (χ0n) is 6.95. The molecule has 1 aromatic heterocycles. The van der Waals surface area contributed by atoms with Crippen LogP contribution in [0.3, 0.4) is 0 Å². The van der Waals surface area contributed by atoms with Gasteiger partial charge in [-0.3, -0.25) is 0 Å². The number of hydrogen-bond donors (Lipinski definition) is 2. The number of rotatable bonds is 1. The van der Waals surface area contributed by atoms with Crippen LogP contribution < -0.4 is 5.73 Å². The van der Waals surface area contributed by atoms with Gasteiger partial charge in [-0.1, -0.05) is 22.0 Å². The third kappa shape index (κ3) is 1.38. The number of halogens is 1. The van der Waals surface area contributed by atoms with Crippen LogP contribution in [0.1, 0.15) is 10.4 Å². The van der Waals surface area contributed by atoms with Crippen molar-refractivity contribution >= 4 is 48.3 Å². The second-order valence-corrected chi connectivity index (χ2v) is 4.79. The zero-order chi connectivity index (χ0) is 10.3. The Morgan fingerprint density at radius 2 is 2.21 bits per heavy atom. The van der Waals surface area contributed by atoms with E-state index in [0.717, 1.165) is 9.17 Å². The van der Waals surface area contributed by atoms with E-state index in [1.807, 2.05) is 6.07 Å². The number of nitrogen functional groups attached to an aromatic ring is 1. The number of benzene rings is 1. The molecule has 0 atom stereocenters. The highest BCUT2D eigenvalue weighted by Crippen LogP contribution is 2.34. The van der Waals surface area contributed by atoms with Crippen molar-refractivity contribution < 1.29 is 9.90 Å². The predicted octanol–water partition coefficient (Wildman–Crippen LogP) is 2.94. The number of carbonyl (C=O) groups is 1. The first-order valence-electron chi connectivity index (χ1n) is 3.80. The first-order valence-corrected chi connectivity index (χ1v) is 5.41. The largest absolute Gasteiger partial charge is 0.478 e. The Hall–Kier alpha value is -1.07. The van der Waals surface area contributed by atoms with Crippen LogP contribution in [0, 0.1) is 0 Å². The Kier molecular flexibility index (Phi) is 2.20. The minimum absolute atomic E-state index is 0.206. The van der Waals surface area contributed by atoms with E-state index in [9.17, 15) is 4.79 Å². The summed E-state index contributed by atoms with van der Waals surface area (Å²) < 4.78 is 1.80. The summed E-state index contributed by atoms with van der Waals surface area (Å²) in [6.07, 6.45) is 0. The van der Waals surface area contributed by atoms with Crippen molar-refractivity contribution in [1.82, 2.24) is 0 Å². The van der Waals surface area contributed by atoms with Gasteiger partial charge in [0.25, 0.3) is 0 Å². The van der Waals surface area contributed by atoms with Gasteiger partial charge in [-0.25, -0.2) is 4.79 Å². The Bertz CT molecular complexity index is 521. The van der Waals surface area contributed by atoms with E-state index in [1.54, 1.807) is 12.1 Å². The quantitative estimate of drug-likeness (QED) is 0.838. The second-order valence-electron chi connectivity index (χ2n) is 2.79. The summed E-state index contributed by atoms with van der Waals surface area (Å²) in [5.74, 6) is -0.976. The lowest BCUT2D eigenvalue weighted by Gasteiger charge is -1.93. The smallest absolute Gasteiger partial charge is 0.339 e. The van der Waals surface area contributed by atoms with Crippen molar-refractivity contribution in [3.8, 4) is 0 Å². The van der Waals surface area contributed by atoms with Gasteiger partial charge < -0.3 is 10.8 Å². The lowest BCUT2D eigenvalue weighted by Crippen LogP contribution is -1.98. The Morgan fingerprint density at radius 3 is 2.86 bits per heavy atom. The molecule has 1 heterocycles. The van der Waals surface area contributed by atoms with E-state index in [1.165, 1.54) is 11.3 Å². The number of carboxylic acid groups (broad SMARTS) is 1. The summed E-state index contributed by atoms with van der Waals surface area (Å²) in [7, 11) is 0. The summed E-state index contributed by atoms with van der Waals surface area (Å²) in [4.78, 5) is 10.9. The lowest BCUT2D eigenvalue weighted by atomic mass is 10.2. The molecule has 0 spiro atoms. The number of fused-ring (bicyclic) bond motifs is 1. The summed E-state index contributed by atoms with van der Waals surface area (Å²) >= 11 is 4.61. The molecule has 1 aromatic carbocycles. The third-order valence-electron chi connectivity index (χ3n) is 1.89. The first kappa shape index (κ1) is 9.48. The van der Waals surface area contributed by atoms with Gasteiger partial charge in [0.05, 0.1) is 0 Å². The summed E-state index contributed by atoms with van der Waals surface area (Å²) in [5, 5.41) is 9.99. The molecule has 0 aliphatic rings. The van der Waals surface area contributed by atoms with Gasteiger partial charge in [0.2, 0.25) is 0 Å². The van der Waals surface area contributed by atoms with Crippen LogP contribution in [0.2, 0.25) is 0 Å². The summed E-state index contributed by atoms with van der Waals surface area (Å²) in [5.41, 5.74) is 5.83. The van der Waals surface area contributed by atoms with Gasteiger partial charge in [0.15, 0.2) is 0 Å². The van der Waals surface area contributed by atoms with Crippen molar-refractivity contribution in [2.75, 3.05) is 5.73 Å². The number of aromatic carboxylic acids is 1. The number of nitrogens with two attached hydrogens (primary N) is 1. The van der Waals surface area contributed by atoms with E-state index in [4.69, 9.17) is 10.8 Å². The molecule has 2 rings (SSSR count). The molecule has 0 aliphatic carbocycles. The van der Waals surface area contributed by atoms with Gasteiger partial charge in [0, 0.05) is 14.6 Å². The monoisotopic (exact) mass is 271 g/mol. The highest BCUT2D eigenvalue weighted by atomic mass is 79.9. The molecule has 0 saturated carbocycles. The zero-order valence-corrected chi connectivity index (χ0v) is 9.35. The molecule has 3 nitrogen and oxygen atoms in total. The fourth-order valence-electron chi connectivity index (χ4n) is 1.31. The highest BCUT2D eigenvalue weighted by Gasteiger charge is 2.15. The average molecular weight is 272 g/mol. The maximum atomic E-state index is 10.9. The molecule has 2 aromatic rings. The van der Waals surface area contributed by atoms with Crippen molar-refractivity contribution in [2.45, 2.75) is 0 Å². The maximum Gasteiger partial charge on any atom is 0.339 e. The molecule has 0 bridgehead atoms. The van der Waals surface area contributed by atoms with Crippen molar-refractivity contribution in [3.05, 3.63) is 28.2 Å². The van der Waals surface area contributed by atoms with Crippen LogP contribution in [0.15, 0.2) is 22.7 Å². The minimum Gasteiger partial charge on any atom is -0.478 e. The average Bonchev–Trinajstić information content (AvgIpc) is 2.39. The van der Waals surface area contributed by atoms with Crippen LogP contribution in [-0.2, 0) is 0 Å². The van der Waals surface area contributed by atoms with E-state index in [-0.39, 0.29) is 5.56 Å². The molecule has 3 N–H and O–H groups in total. The molecule has 0 amide bonds. The third-order valence-corrected chi connectivity index (χ3v) is 3.37. The van der Waals surface area contributed by atoms with Gasteiger partial charge in [-0.2, -0.15) is 0 Å². The highest BCUT2D eigenvalue weighted by molar-refractivity contribution is 9.10. The topological polar surface area (TPSA) is 63.3 Å². The van der Waals surface area contributed by atoms with Crippen molar-refractivity contribution in [2.24, 2.45) is 0 Å². The number of carboxylic acids is 1. The fraction of sp³-hybridized carbons (Fsp3) is 0. The van der Waals surface area contributed by atoms with Crippen LogP contribution in [-0.4, -0.2) is 11.1 Å². The van der Waals surface area contributed by atoms with Crippen molar-refractivity contribution in [3.63, 3.8) is 0 Å². The number of thiophene rings is 1. The van der Waals surface area contributed by atoms with Crippen LogP contribution in [0.25, 0.3) is 10.1 Å². The minimum atomic E-state index is -0.976. The van der Waals surface area contributed by atoms with Crippen LogP contribution in [0.5, 0.6) is 0 Å². The molecule has 0 unspecified atom stereocenters. The molecule has 0 aliphatic heterocycles. The predicted molar refractivity (Wildman–Crippen MR) is 60.9 cm³/mol. The number of anilines is 1. The van der Waals surface area contributed by atoms with Crippen LogP contribution in [0.4, 0.5) is 5.00 Å². The number of hydrogen-bond acceptors (Lipinski definition) is 3. The second kappa shape index (κ2) is 3.25. The summed E-state index contributed by atoms with van der Waals surface area (Å²) in [6.45, 7) is 0. The molecular formula is C9H6BrNO2S. The standard InChI is InChI=1S/C9H6BrNO2S/c10-4-1-2-5-6(3-4)14-8(11)7(5)9(12)13/h1-3H,11H2,(H,12,13). The van der Waals surface area contributed by atoms with Gasteiger partial charge in [-0.05, 0) is 12.1 Å². The fourth-order valence-corrected chi connectivity index (χ4v) is 2.82. The lowest BCUT2D eigenvalue weighted by molar-refractivity contribution is 0.0700. The van der Waals surface area contributed by atoms with E-state index in [2.05, 4.69) is 15.9 Å². The van der Waals surface area contributed by atoms with Crippen molar-refractivity contribution in [1.29, 1.82) is 0 Å². The van der Waals surface area contributed by atoms with Gasteiger partial charge in [-0.15, -0.1) is 11.3 Å². The SMILES string of the molecule is Nc1sc2cc(Br)ccc2c1C(=O)O. The Balaban J connectivity index is 2.84. The molecular weight excluding hydrogens is 266 g/mol. The summed E-state index contributed by atoms with van der Waals surface area (Å²) in [6, 6.07) is 5.43. The Labute approximate surface area is 92.3 Å². The first-order chi connectivity index (χ1) is 6.59. The normalized spacial score (nSPS) is 10.6. The molecule has 72 valence electrons. The Morgan fingerprint density at radius 1 is 1.50 bits per heavy atom. The maximum absolute atomic E-state index is 10.9. The van der Waals surface area contributed by atoms with Crippen LogP contribution >= 0.6 is 27.3 Å². The van der Waals surface area contributed by atoms with Gasteiger partial charge in [0.1, 0.15) is 10.6 Å². The molecule has 5 heteroatoms. The van der Waals surface area contributed by atoms with Gasteiger partial charge >= 0.3 is 5.97 Å². The van der Waals surface area contributed by atoms with E-state index >= 15 is 0 Å². The molecule has 0 radical (unpaired) electrons. The molecule has 0 fully saturated rings. The molecule has 0 saturated heterocycles.